The van der Waals surface area contributed by atoms with Gasteiger partial charge in [0.05, 0.1) is 0 Å². The zero-order chi connectivity index (χ0) is 17.9. The lowest BCUT2D eigenvalue weighted by Crippen LogP contribution is -2.38. The van der Waals surface area contributed by atoms with Crippen LogP contribution in [0.15, 0.2) is 60.7 Å². The minimum absolute atomic E-state index is 0.0135. The lowest BCUT2D eigenvalue weighted by atomic mass is 10.1. The Morgan fingerprint density at radius 3 is 1.92 bits per heavy atom. The number of hydrogen-bond donors (Lipinski definition) is 2. The molecular weight excluding hydrogens is 312 g/mol. The maximum atomic E-state index is 11.2. The number of hydrogen-bond acceptors (Lipinski definition) is 3. The predicted molar refractivity (Wildman–Crippen MR) is 101 cm³/mol. The van der Waals surface area contributed by atoms with E-state index in [1.54, 1.807) is 0 Å². The highest BCUT2D eigenvalue weighted by Crippen LogP contribution is 2.17. The predicted octanol–water partition coefficient (Wildman–Crippen LogP) is 2.97. The summed E-state index contributed by atoms with van der Waals surface area (Å²) in [5.41, 5.74) is 2.50. The SMILES string of the molecule is CC(=O)NCC[C@@H](CCO)N(Cc1ccccc1)Cc1ccccc1. The van der Waals surface area contributed by atoms with Gasteiger partial charge in [0.25, 0.3) is 0 Å². The van der Waals surface area contributed by atoms with Crippen molar-refractivity contribution >= 4 is 5.91 Å². The number of rotatable bonds is 10. The Kier molecular flexibility index (Phi) is 8.16. The number of carbonyl (C=O) groups is 1. The van der Waals surface area contributed by atoms with Gasteiger partial charge in [0.1, 0.15) is 0 Å². The molecule has 0 aliphatic carbocycles. The number of nitrogens with one attached hydrogen (secondary N) is 1. The van der Waals surface area contributed by atoms with Crippen LogP contribution in [0.3, 0.4) is 0 Å². The molecule has 4 heteroatoms. The summed E-state index contributed by atoms with van der Waals surface area (Å²) in [4.78, 5) is 13.6. The Morgan fingerprint density at radius 1 is 0.960 bits per heavy atom. The summed E-state index contributed by atoms with van der Waals surface area (Å²) in [7, 11) is 0. The molecule has 0 aliphatic rings. The first-order valence-electron chi connectivity index (χ1n) is 8.86. The first-order chi connectivity index (χ1) is 12.2. The molecular formula is C21H28N2O2. The lowest BCUT2D eigenvalue weighted by Gasteiger charge is -2.32. The molecule has 1 atom stereocenters. The normalized spacial score (nSPS) is 12.1. The Hall–Kier alpha value is -2.17. The highest BCUT2D eigenvalue weighted by Gasteiger charge is 2.19. The minimum atomic E-state index is -0.0135. The number of amides is 1. The zero-order valence-electron chi connectivity index (χ0n) is 14.9. The lowest BCUT2D eigenvalue weighted by molar-refractivity contribution is -0.119. The van der Waals surface area contributed by atoms with Gasteiger partial charge in [0.15, 0.2) is 0 Å². The van der Waals surface area contributed by atoms with Gasteiger partial charge in [-0.25, -0.2) is 0 Å². The van der Waals surface area contributed by atoms with Crippen LogP contribution in [0.5, 0.6) is 0 Å². The molecule has 2 aromatic rings. The molecule has 2 aromatic carbocycles. The quantitative estimate of drug-likeness (QED) is 0.699. The average Bonchev–Trinajstić information content (AvgIpc) is 2.62. The standard InChI is InChI=1S/C21H28N2O2/c1-18(25)22-14-12-21(13-15-24)23(16-19-8-4-2-5-9-19)17-20-10-6-3-7-11-20/h2-11,21,24H,12-17H2,1H3,(H,22,25)/t21-/m0/s1. The van der Waals surface area contributed by atoms with E-state index in [4.69, 9.17) is 0 Å². The van der Waals surface area contributed by atoms with Gasteiger partial charge >= 0.3 is 0 Å². The Morgan fingerprint density at radius 2 is 1.48 bits per heavy atom. The van der Waals surface area contributed by atoms with Crippen LogP contribution in [0.2, 0.25) is 0 Å². The van der Waals surface area contributed by atoms with E-state index < -0.39 is 0 Å². The fraction of sp³-hybridized carbons (Fsp3) is 0.381. The summed E-state index contributed by atoms with van der Waals surface area (Å²) >= 11 is 0. The van der Waals surface area contributed by atoms with E-state index in [1.807, 2.05) is 36.4 Å². The second kappa shape index (κ2) is 10.6. The summed E-state index contributed by atoms with van der Waals surface area (Å²) in [6.45, 7) is 3.94. The zero-order valence-corrected chi connectivity index (χ0v) is 14.9. The van der Waals surface area contributed by atoms with Crippen molar-refractivity contribution in [3.8, 4) is 0 Å². The van der Waals surface area contributed by atoms with E-state index >= 15 is 0 Å². The van der Waals surface area contributed by atoms with Crippen LogP contribution in [-0.4, -0.2) is 35.1 Å². The van der Waals surface area contributed by atoms with Gasteiger partial charge in [-0.3, -0.25) is 9.69 Å². The molecule has 0 bridgehead atoms. The van der Waals surface area contributed by atoms with Crippen molar-refractivity contribution in [2.75, 3.05) is 13.2 Å². The van der Waals surface area contributed by atoms with E-state index in [1.165, 1.54) is 18.1 Å². The van der Waals surface area contributed by atoms with E-state index in [0.717, 1.165) is 19.5 Å². The van der Waals surface area contributed by atoms with E-state index in [2.05, 4.69) is 34.5 Å². The first-order valence-corrected chi connectivity index (χ1v) is 8.86. The molecule has 25 heavy (non-hydrogen) atoms. The number of nitrogens with zero attached hydrogens (tertiary/aromatic N) is 1. The van der Waals surface area contributed by atoms with Gasteiger partial charge < -0.3 is 10.4 Å². The van der Waals surface area contributed by atoms with Crippen LogP contribution >= 0.6 is 0 Å². The fourth-order valence-electron chi connectivity index (χ4n) is 3.02. The molecule has 0 radical (unpaired) electrons. The molecule has 2 rings (SSSR count). The van der Waals surface area contributed by atoms with Crippen LogP contribution in [0.25, 0.3) is 0 Å². The first kappa shape index (κ1) is 19.2. The average molecular weight is 340 g/mol. The highest BCUT2D eigenvalue weighted by molar-refractivity contribution is 5.72. The van der Waals surface area contributed by atoms with Crippen molar-refractivity contribution in [2.45, 2.75) is 38.9 Å². The third kappa shape index (κ3) is 7.08. The van der Waals surface area contributed by atoms with Gasteiger partial charge in [0.2, 0.25) is 5.91 Å². The van der Waals surface area contributed by atoms with Gasteiger partial charge in [-0.2, -0.15) is 0 Å². The molecule has 0 aliphatic heterocycles. The van der Waals surface area contributed by atoms with Crippen molar-refractivity contribution in [1.82, 2.24) is 10.2 Å². The molecule has 0 fully saturated rings. The summed E-state index contributed by atoms with van der Waals surface area (Å²) in [6.07, 6.45) is 1.51. The highest BCUT2D eigenvalue weighted by atomic mass is 16.3. The minimum Gasteiger partial charge on any atom is -0.396 e. The summed E-state index contributed by atoms with van der Waals surface area (Å²) < 4.78 is 0. The molecule has 1 amide bonds. The third-order valence-corrected chi connectivity index (χ3v) is 4.29. The fourth-order valence-corrected chi connectivity index (χ4v) is 3.02. The third-order valence-electron chi connectivity index (χ3n) is 4.29. The number of carbonyl (C=O) groups excluding carboxylic acids is 1. The van der Waals surface area contributed by atoms with Gasteiger partial charge in [-0.1, -0.05) is 60.7 Å². The van der Waals surface area contributed by atoms with Crippen molar-refractivity contribution < 1.29 is 9.90 Å². The van der Waals surface area contributed by atoms with Crippen molar-refractivity contribution in [2.24, 2.45) is 0 Å². The van der Waals surface area contributed by atoms with Crippen LogP contribution in [0.4, 0.5) is 0 Å². The molecule has 0 unspecified atom stereocenters. The molecule has 0 saturated carbocycles. The topological polar surface area (TPSA) is 52.6 Å². The number of aliphatic hydroxyl groups is 1. The molecule has 0 aromatic heterocycles. The number of aliphatic hydroxyl groups excluding tert-OH is 1. The van der Waals surface area contributed by atoms with Gasteiger partial charge in [-0.05, 0) is 24.0 Å². The van der Waals surface area contributed by atoms with Gasteiger partial charge in [0, 0.05) is 39.2 Å². The second-order valence-electron chi connectivity index (χ2n) is 6.31. The maximum absolute atomic E-state index is 11.2. The molecule has 0 heterocycles. The van der Waals surface area contributed by atoms with Crippen molar-refractivity contribution in [3.63, 3.8) is 0 Å². The van der Waals surface area contributed by atoms with Crippen molar-refractivity contribution in [1.29, 1.82) is 0 Å². The molecule has 0 saturated heterocycles. The maximum Gasteiger partial charge on any atom is 0.216 e. The number of benzene rings is 2. The van der Waals surface area contributed by atoms with E-state index in [9.17, 15) is 9.90 Å². The van der Waals surface area contributed by atoms with Crippen LogP contribution < -0.4 is 5.32 Å². The smallest absolute Gasteiger partial charge is 0.216 e. The Bertz CT molecular complexity index is 575. The van der Waals surface area contributed by atoms with Gasteiger partial charge in [-0.15, -0.1) is 0 Å². The van der Waals surface area contributed by atoms with Crippen LogP contribution in [0.1, 0.15) is 30.9 Å². The molecule has 4 nitrogen and oxygen atoms in total. The Labute approximate surface area is 150 Å². The summed E-state index contributed by atoms with van der Waals surface area (Å²) in [5, 5.41) is 12.4. The largest absolute Gasteiger partial charge is 0.396 e. The summed E-state index contributed by atoms with van der Waals surface area (Å²) in [5.74, 6) is -0.0135. The van der Waals surface area contributed by atoms with E-state index in [-0.39, 0.29) is 18.6 Å². The molecule has 134 valence electrons. The second-order valence-corrected chi connectivity index (χ2v) is 6.31. The van der Waals surface area contributed by atoms with Crippen molar-refractivity contribution in [3.05, 3.63) is 71.8 Å². The van der Waals surface area contributed by atoms with Crippen LogP contribution in [-0.2, 0) is 17.9 Å². The summed E-state index contributed by atoms with van der Waals surface area (Å²) in [6, 6.07) is 21.0. The molecule has 2 N–H and O–H groups in total. The Balaban J connectivity index is 2.12. The molecule has 0 spiro atoms. The van der Waals surface area contributed by atoms with Crippen LogP contribution in [0, 0.1) is 0 Å². The monoisotopic (exact) mass is 340 g/mol. The van der Waals surface area contributed by atoms with E-state index in [0.29, 0.717) is 13.0 Å².